The van der Waals surface area contributed by atoms with E-state index in [4.69, 9.17) is 5.73 Å². The van der Waals surface area contributed by atoms with Crippen LogP contribution in [-0.4, -0.2) is 16.0 Å². The first-order chi connectivity index (χ1) is 7.34. The summed E-state index contributed by atoms with van der Waals surface area (Å²) >= 11 is 0. The molecule has 2 saturated carbocycles. The van der Waals surface area contributed by atoms with Gasteiger partial charge in [-0.2, -0.15) is 0 Å². The molecule has 3 nitrogen and oxygen atoms in total. The molecule has 2 atom stereocenters. The number of nitrogens with zero attached hydrogens (tertiary/aromatic N) is 2. The van der Waals surface area contributed by atoms with Crippen molar-refractivity contribution in [3.05, 3.63) is 23.8 Å². The third-order valence-corrected chi connectivity index (χ3v) is 3.59. The van der Waals surface area contributed by atoms with E-state index in [1.54, 1.807) is 0 Å². The Labute approximate surface area is 90.1 Å². The van der Waals surface area contributed by atoms with Gasteiger partial charge < -0.3 is 5.73 Å². The molecule has 0 radical (unpaired) electrons. The molecule has 15 heavy (non-hydrogen) atoms. The summed E-state index contributed by atoms with van der Waals surface area (Å²) in [4.78, 5) is 9.02. The Kier molecular flexibility index (Phi) is 2.20. The van der Waals surface area contributed by atoms with Crippen molar-refractivity contribution in [1.82, 2.24) is 9.97 Å². The molecule has 2 N–H and O–H groups in total. The second kappa shape index (κ2) is 3.56. The van der Waals surface area contributed by atoms with Crippen LogP contribution in [-0.2, 0) is 0 Å². The van der Waals surface area contributed by atoms with E-state index >= 15 is 0 Å². The maximum absolute atomic E-state index is 6.09. The maximum atomic E-state index is 6.09. The summed E-state index contributed by atoms with van der Waals surface area (Å²) in [7, 11) is 0. The molecule has 1 heterocycles. The second-order valence-electron chi connectivity index (χ2n) is 4.82. The fourth-order valence-electron chi connectivity index (χ4n) is 2.49. The molecule has 3 heteroatoms. The van der Waals surface area contributed by atoms with Gasteiger partial charge in [-0.3, -0.25) is 0 Å². The van der Waals surface area contributed by atoms with Gasteiger partial charge in [-0.25, -0.2) is 9.97 Å². The van der Waals surface area contributed by atoms with Gasteiger partial charge in [0, 0.05) is 29.8 Å². The Balaban J connectivity index is 1.87. The zero-order chi connectivity index (χ0) is 10.3. The van der Waals surface area contributed by atoms with Crippen molar-refractivity contribution in [2.24, 2.45) is 5.73 Å². The number of hydrogen-bond acceptors (Lipinski definition) is 3. The van der Waals surface area contributed by atoms with Crippen LogP contribution in [0, 0.1) is 0 Å². The van der Waals surface area contributed by atoms with E-state index < -0.39 is 0 Å². The normalized spacial score (nSPS) is 30.7. The first-order valence-electron chi connectivity index (χ1n) is 5.93. The first-order valence-corrected chi connectivity index (χ1v) is 5.93. The van der Waals surface area contributed by atoms with Crippen LogP contribution < -0.4 is 5.73 Å². The zero-order valence-corrected chi connectivity index (χ0v) is 8.89. The summed E-state index contributed by atoms with van der Waals surface area (Å²) in [6.07, 6.45) is 8.02. The molecule has 1 aromatic rings. The Hall–Kier alpha value is -0.960. The topological polar surface area (TPSA) is 51.8 Å². The van der Waals surface area contributed by atoms with Crippen LogP contribution in [0.5, 0.6) is 0 Å². The van der Waals surface area contributed by atoms with E-state index in [0.29, 0.717) is 17.9 Å². The molecular weight excluding hydrogens is 186 g/mol. The van der Waals surface area contributed by atoms with Crippen LogP contribution in [0.15, 0.2) is 12.3 Å². The molecule has 2 unspecified atom stereocenters. The van der Waals surface area contributed by atoms with Crippen molar-refractivity contribution in [3.8, 4) is 0 Å². The Morgan fingerprint density at radius 3 is 2.73 bits per heavy atom. The largest absolute Gasteiger partial charge is 0.327 e. The average Bonchev–Trinajstić information content (AvgIpc) is 3.02. The summed E-state index contributed by atoms with van der Waals surface area (Å²) in [6.45, 7) is 0. The average molecular weight is 203 g/mol. The molecule has 3 rings (SSSR count). The van der Waals surface area contributed by atoms with Gasteiger partial charge in [-0.1, -0.05) is 6.42 Å². The molecule has 0 aliphatic heterocycles. The lowest BCUT2D eigenvalue weighted by Crippen LogP contribution is -2.23. The van der Waals surface area contributed by atoms with Crippen molar-refractivity contribution in [3.63, 3.8) is 0 Å². The van der Waals surface area contributed by atoms with Gasteiger partial charge in [-0.15, -0.1) is 0 Å². The number of aromatic nitrogens is 2. The standard InChI is InChI=1S/C12H17N3/c13-10-3-1-2-9(10)11-6-7-14-12(15-11)8-4-5-8/h6-10H,1-5,13H2. The van der Waals surface area contributed by atoms with Crippen LogP contribution >= 0.6 is 0 Å². The molecular formula is C12H17N3. The highest BCUT2D eigenvalue weighted by Gasteiger charge is 2.30. The van der Waals surface area contributed by atoms with E-state index in [1.165, 1.54) is 31.4 Å². The molecule has 0 saturated heterocycles. The van der Waals surface area contributed by atoms with Crippen LogP contribution in [0.2, 0.25) is 0 Å². The lowest BCUT2D eigenvalue weighted by molar-refractivity contribution is 0.593. The SMILES string of the molecule is NC1CCCC1c1ccnc(C2CC2)n1. The summed E-state index contributed by atoms with van der Waals surface area (Å²) < 4.78 is 0. The maximum Gasteiger partial charge on any atom is 0.131 e. The van der Waals surface area contributed by atoms with E-state index in [1.807, 2.05) is 12.3 Å². The van der Waals surface area contributed by atoms with Crippen molar-refractivity contribution in [2.45, 2.75) is 50.0 Å². The van der Waals surface area contributed by atoms with Crippen molar-refractivity contribution < 1.29 is 0 Å². The van der Waals surface area contributed by atoms with Gasteiger partial charge in [0.1, 0.15) is 5.82 Å². The predicted molar refractivity (Wildman–Crippen MR) is 58.6 cm³/mol. The monoisotopic (exact) mass is 203 g/mol. The quantitative estimate of drug-likeness (QED) is 0.799. The van der Waals surface area contributed by atoms with Crippen molar-refractivity contribution in [1.29, 1.82) is 0 Å². The van der Waals surface area contributed by atoms with Gasteiger partial charge in [-0.05, 0) is 31.7 Å². The Bertz CT molecular complexity index is 360. The fourth-order valence-corrected chi connectivity index (χ4v) is 2.49. The molecule has 1 aromatic heterocycles. The van der Waals surface area contributed by atoms with E-state index in [9.17, 15) is 0 Å². The molecule has 2 fully saturated rings. The van der Waals surface area contributed by atoms with Crippen LogP contribution in [0.4, 0.5) is 0 Å². The molecule has 2 aliphatic rings. The van der Waals surface area contributed by atoms with Crippen LogP contribution in [0.3, 0.4) is 0 Å². The Morgan fingerprint density at radius 2 is 2.07 bits per heavy atom. The van der Waals surface area contributed by atoms with Crippen molar-refractivity contribution in [2.75, 3.05) is 0 Å². The van der Waals surface area contributed by atoms with Gasteiger partial charge in [0.15, 0.2) is 0 Å². The molecule has 2 aliphatic carbocycles. The highest BCUT2D eigenvalue weighted by molar-refractivity contribution is 5.16. The minimum atomic E-state index is 0.312. The Morgan fingerprint density at radius 1 is 1.20 bits per heavy atom. The third-order valence-electron chi connectivity index (χ3n) is 3.59. The first kappa shape index (κ1) is 9.28. The van der Waals surface area contributed by atoms with E-state index in [0.717, 1.165) is 12.2 Å². The predicted octanol–water partition coefficient (Wildman–Crippen LogP) is 1.95. The summed E-state index contributed by atoms with van der Waals surface area (Å²) in [5.74, 6) is 2.17. The van der Waals surface area contributed by atoms with E-state index in [-0.39, 0.29) is 0 Å². The fraction of sp³-hybridized carbons (Fsp3) is 0.667. The lowest BCUT2D eigenvalue weighted by Gasteiger charge is -2.14. The summed E-state index contributed by atoms with van der Waals surface area (Å²) in [5, 5.41) is 0. The van der Waals surface area contributed by atoms with Gasteiger partial charge in [0.25, 0.3) is 0 Å². The summed E-state index contributed by atoms with van der Waals surface area (Å²) in [5.41, 5.74) is 7.27. The smallest absolute Gasteiger partial charge is 0.131 e. The minimum absolute atomic E-state index is 0.312. The zero-order valence-electron chi connectivity index (χ0n) is 8.89. The molecule has 0 bridgehead atoms. The number of rotatable bonds is 2. The second-order valence-corrected chi connectivity index (χ2v) is 4.82. The third kappa shape index (κ3) is 1.76. The van der Waals surface area contributed by atoms with Gasteiger partial charge in [0.2, 0.25) is 0 Å². The van der Waals surface area contributed by atoms with Crippen LogP contribution in [0.1, 0.15) is 55.5 Å². The van der Waals surface area contributed by atoms with Crippen LogP contribution in [0.25, 0.3) is 0 Å². The van der Waals surface area contributed by atoms with Gasteiger partial charge in [0.05, 0.1) is 0 Å². The highest BCUT2D eigenvalue weighted by Crippen LogP contribution is 2.39. The molecule has 0 aromatic carbocycles. The van der Waals surface area contributed by atoms with E-state index in [2.05, 4.69) is 9.97 Å². The summed E-state index contributed by atoms with van der Waals surface area (Å²) in [6, 6.07) is 2.36. The minimum Gasteiger partial charge on any atom is -0.327 e. The number of nitrogens with two attached hydrogens (primary N) is 1. The number of hydrogen-bond donors (Lipinski definition) is 1. The van der Waals surface area contributed by atoms with Crippen molar-refractivity contribution >= 4 is 0 Å². The molecule has 0 spiro atoms. The lowest BCUT2D eigenvalue weighted by atomic mass is 10.00. The highest BCUT2D eigenvalue weighted by atomic mass is 14.9. The van der Waals surface area contributed by atoms with Gasteiger partial charge >= 0.3 is 0 Å². The molecule has 0 amide bonds. The molecule has 80 valence electrons.